The molecule has 1 aliphatic heterocycles. The molecule has 32 heavy (non-hydrogen) atoms. The van der Waals surface area contributed by atoms with Crippen LogP contribution in [-0.2, 0) is 11.3 Å². The molecule has 0 bridgehead atoms. The zero-order valence-corrected chi connectivity index (χ0v) is 21.5. The van der Waals surface area contributed by atoms with Crippen molar-refractivity contribution < 1.29 is 9.15 Å². The van der Waals surface area contributed by atoms with Gasteiger partial charge in [-0.15, -0.1) is 0 Å². The van der Waals surface area contributed by atoms with Crippen molar-refractivity contribution in [3.05, 3.63) is 23.7 Å². The summed E-state index contributed by atoms with van der Waals surface area (Å²) in [5.74, 6) is 1.94. The number of hydrogen-bond acceptors (Lipinski definition) is 4. The highest BCUT2D eigenvalue weighted by molar-refractivity contribution is 7.80. The molecule has 184 valence electrons. The Hall–Kier alpha value is -1.11. The molecule has 0 radical (unpaired) electrons. The highest BCUT2D eigenvalue weighted by Gasteiger charge is 2.14. The molecule has 0 spiro atoms. The molecule has 1 N–H and O–H groups in total. The van der Waals surface area contributed by atoms with Crippen LogP contribution in [0.4, 0.5) is 0 Å². The van der Waals surface area contributed by atoms with Crippen molar-refractivity contribution >= 4 is 17.3 Å². The fourth-order valence-corrected chi connectivity index (χ4v) is 4.50. The standard InChI is InChI=1S/C26H47N3O2S/c1-3-4-5-6-7-8-9-10-11-12-16-27-26(32)29(23-25-15-14-24(2)31-25)18-13-17-28-19-21-30-22-20-28/h14-15H,3-13,16-23H2,1-2H3,(H,27,32). The maximum absolute atomic E-state index is 5.82. The van der Waals surface area contributed by atoms with Crippen LogP contribution in [0.3, 0.4) is 0 Å². The maximum Gasteiger partial charge on any atom is 0.169 e. The Kier molecular flexibility index (Phi) is 14.7. The monoisotopic (exact) mass is 465 g/mol. The number of nitrogens with one attached hydrogen (secondary N) is 1. The first kappa shape index (κ1) is 27.1. The van der Waals surface area contributed by atoms with E-state index in [1.807, 2.05) is 13.0 Å². The summed E-state index contributed by atoms with van der Waals surface area (Å²) >= 11 is 5.76. The van der Waals surface area contributed by atoms with Crippen LogP contribution in [-0.4, -0.2) is 60.8 Å². The van der Waals surface area contributed by atoms with Crippen LogP contribution in [0.1, 0.15) is 89.1 Å². The lowest BCUT2D eigenvalue weighted by Gasteiger charge is -2.29. The van der Waals surface area contributed by atoms with Gasteiger partial charge in [-0.25, -0.2) is 0 Å². The van der Waals surface area contributed by atoms with Crippen molar-refractivity contribution in [2.45, 2.75) is 91.0 Å². The summed E-state index contributed by atoms with van der Waals surface area (Å²) < 4.78 is 11.3. The van der Waals surface area contributed by atoms with Crippen molar-refractivity contribution in [3.8, 4) is 0 Å². The number of morpholine rings is 1. The number of furan rings is 1. The molecule has 2 heterocycles. The Balaban J connectivity index is 1.61. The van der Waals surface area contributed by atoms with Gasteiger partial charge in [-0.05, 0) is 44.1 Å². The van der Waals surface area contributed by atoms with Gasteiger partial charge in [-0.1, -0.05) is 64.7 Å². The molecule has 1 fully saturated rings. The fourth-order valence-electron chi connectivity index (χ4n) is 4.24. The molecule has 1 aromatic heterocycles. The largest absolute Gasteiger partial charge is 0.464 e. The van der Waals surface area contributed by atoms with Gasteiger partial charge in [0.1, 0.15) is 11.5 Å². The van der Waals surface area contributed by atoms with Crippen LogP contribution >= 0.6 is 12.2 Å². The van der Waals surface area contributed by atoms with Gasteiger partial charge in [0.15, 0.2) is 5.11 Å². The number of hydrogen-bond donors (Lipinski definition) is 1. The van der Waals surface area contributed by atoms with Crippen molar-refractivity contribution in [2.24, 2.45) is 0 Å². The summed E-state index contributed by atoms with van der Waals surface area (Å²) in [6, 6.07) is 4.09. The lowest BCUT2D eigenvalue weighted by atomic mass is 10.1. The van der Waals surface area contributed by atoms with Crippen LogP contribution in [0.2, 0.25) is 0 Å². The van der Waals surface area contributed by atoms with Crippen LogP contribution < -0.4 is 5.32 Å². The van der Waals surface area contributed by atoms with Gasteiger partial charge >= 0.3 is 0 Å². The second-order valence-electron chi connectivity index (χ2n) is 9.16. The van der Waals surface area contributed by atoms with Crippen LogP contribution in [0.15, 0.2) is 16.5 Å². The molecule has 0 amide bonds. The Bertz CT molecular complexity index is 602. The van der Waals surface area contributed by atoms with E-state index in [4.69, 9.17) is 21.4 Å². The molecule has 1 aliphatic rings. The van der Waals surface area contributed by atoms with Crippen molar-refractivity contribution in [1.29, 1.82) is 0 Å². The van der Waals surface area contributed by atoms with E-state index in [9.17, 15) is 0 Å². The summed E-state index contributed by atoms with van der Waals surface area (Å²) in [5, 5.41) is 4.36. The average molecular weight is 466 g/mol. The number of ether oxygens (including phenoxy) is 1. The van der Waals surface area contributed by atoms with E-state index >= 15 is 0 Å². The maximum atomic E-state index is 5.82. The van der Waals surface area contributed by atoms with E-state index in [2.05, 4.69) is 28.1 Å². The quantitative estimate of drug-likeness (QED) is 0.228. The number of unbranched alkanes of at least 4 members (excludes halogenated alkanes) is 9. The molecular weight excluding hydrogens is 418 g/mol. The van der Waals surface area contributed by atoms with Crippen molar-refractivity contribution in [1.82, 2.24) is 15.1 Å². The van der Waals surface area contributed by atoms with E-state index < -0.39 is 0 Å². The van der Waals surface area contributed by atoms with Crippen LogP contribution in [0.5, 0.6) is 0 Å². The zero-order valence-electron chi connectivity index (χ0n) is 20.7. The predicted molar refractivity (Wildman–Crippen MR) is 138 cm³/mol. The SMILES string of the molecule is CCCCCCCCCCCCNC(=S)N(CCCN1CCOCC1)Cc1ccc(C)o1. The van der Waals surface area contributed by atoms with Gasteiger partial charge in [-0.3, -0.25) is 4.90 Å². The minimum absolute atomic E-state index is 0.737. The molecular formula is C26H47N3O2S. The molecule has 0 unspecified atom stereocenters. The first-order valence-electron chi connectivity index (χ1n) is 13.1. The second kappa shape index (κ2) is 17.4. The van der Waals surface area contributed by atoms with Crippen molar-refractivity contribution in [3.63, 3.8) is 0 Å². The Labute approximate surface area is 202 Å². The lowest BCUT2D eigenvalue weighted by Crippen LogP contribution is -2.42. The lowest BCUT2D eigenvalue weighted by molar-refractivity contribution is 0.0367. The average Bonchev–Trinajstić information content (AvgIpc) is 3.22. The number of aryl methyl sites for hydroxylation is 1. The topological polar surface area (TPSA) is 40.9 Å². The third kappa shape index (κ3) is 12.2. The predicted octanol–water partition coefficient (Wildman–Crippen LogP) is 5.91. The van der Waals surface area contributed by atoms with Gasteiger partial charge in [0.2, 0.25) is 0 Å². The molecule has 6 heteroatoms. The zero-order chi connectivity index (χ0) is 22.9. The van der Waals surface area contributed by atoms with E-state index in [-0.39, 0.29) is 0 Å². The van der Waals surface area contributed by atoms with Gasteiger partial charge in [-0.2, -0.15) is 0 Å². The van der Waals surface area contributed by atoms with Gasteiger partial charge in [0, 0.05) is 32.7 Å². The second-order valence-corrected chi connectivity index (χ2v) is 9.54. The molecule has 5 nitrogen and oxygen atoms in total. The van der Waals surface area contributed by atoms with Gasteiger partial charge < -0.3 is 19.4 Å². The minimum atomic E-state index is 0.737. The number of rotatable bonds is 17. The third-order valence-corrected chi connectivity index (χ3v) is 6.65. The molecule has 0 atom stereocenters. The Morgan fingerprint density at radius 2 is 1.62 bits per heavy atom. The van der Waals surface area contributed by atoms with E-state index in [0.717, 1.165) is 75.5 Å². The van der Waals surface area contributed by atoms with Crippen LogP contribution in [0, 0.1) is 6.92 Å². The Morgan fingerprint density at radius 1 is 0.969 bits per heavy atom. The highest BCUT2D eigenvalue weighted by Crippen LogP contribution is 2.12. The van der Waals surface area contributed by atoms with Gasteiger partial charge in [0.25, 0.3) is 0 Å². The van der Waals surface area contributed by atoms with E-state index in [1.54, 1.807) is 0 Å². The molecule has 2 rings (SSSR count). The highest BCUT2D eigenvalue weighted by atomic mass is 32.1. The fraction of sp³-hybridized carbons (Fsp3) is 0.808. The summed E-state index contributed by atoms with van der Waals surface area (Å²) in [4.78, 5) is 4.75. The summed E-state index contributed by atoms with van der Waals surface area (Å²) in [6.45, 7) is 11.8. The van der Waals surface area contributed by atoms with E-state index in [0.29, 0.717) is 0 Å². The number of thiocarbonyl (C=S) groups is 1. The smallest absolute Gasteiger partial charge is 0.169 e. The summed E-state index contributed by atoms with van der Waals surface area (Å²) in [5.41, 5.74) is 0. The molecule has 1 aromatic rings. The first-order valence-corrected chi connectivity index (χ1v) is 13.5. The minimum Gasteiger partial charge on any atom is -0.464 e. The van der Waals surface area contributed by atoms with Gasteiger partial charge in [0.05, 0.1) is 19.8 Å². The van der Waals surface area contributed by atoms with Crippen LogP contribution in [0.25, 0.3) is 0 Å². The third-order valence-electron chi connectivity index (χ3n) is 6.24. The molecule has 0 aromatic carbocycles. The molecule has 0 aliphatic carbocycles. The Morgan fingerprint density at radius 3 is 2.25 bits per heavy atom. The number of nitrogens with zero attached hydrogens (tertiary/aromatic N) is 2. The summed E-state index contributed by atoms with van der Waals surface area (Å²) in [6.07, 6.45) is 14.7. The van der Waals surface area contributed by atoms with E-state index in [1.165, 1.54) is 64.2 Å². The first-order chi connectivity index (χ1) is 15.7. The van der Waals surface area contributed by atoms with Crippen molar-refractivity contribution in [2.75, 3.05) is 45.9 Å². The molecule has 1 saturated heterocycles. The molecule has 0 saturated carbocycles. The summed E-state index contributed by atoms with van der Waals surface area (Å²) in [7, 11) is 0. The normalized spacial score (nSPS) is 14.6.